The van der Waals surface area contributed by atoms with E-state index in [1.54, 1.807) is 17.9 Å². The molecule has 1 aromatic heterocycles. The van der Waals surface area contributed by atoms with Crippen LogP contribution in [0.2, 0.25) is 0 Å². The van der Waals surface area contributed by atoms with E-state index < -0.39 is 6.10 Å². The van der Waals surface area contributed by atoms with Crippen LogP contribution in [-0.4, -0.2) is 81.6 Å². The average molecular weight is 439 g/mol. The Morgan fingerprint density at radius 3 is 2.78 bits per heavy atom. The van der Waals surface area contributed by atoms with Crippen molar-refractivity contribution in [2.75, 3.05) is 38.0 Å². The van der Waals surface area contributed by atoms with Crippen molar-refractivity contribution >= 4 is 17.6 Å². The number of likely N-dealkylation sites (tertiary alicyclic amines) is 1. The van der Waals surface area contributed by atoms with Gasteiger partial charge in [0.1, 0.15) is 17.8 Å². The van der Waals surface area contributed by atoms with Gasteiger partial charge in [0.2, 0.25) is 5.91 Å². The quantitative estimate of drug-likeness (QED) is 0.582. The number of hydrogen-bond donors (Lipinski definition) is 3. The van der Waals surface area contributed by atoms with Gasteiger partial charge in [0.15, 0.2) is 0 Å². The Balaban J connectivity index is 1.24. The molecule has 170 valence electrons. The number of hydrogen-bond acceptors (Lipinski definition) is 7. The van der Waals surface area contributed by atoms with Crippen LogP contribution in [0.5, 0.6) is 0 Å². The highest BCUT2D eigenvalue weighted by Crippen LogP contribution is 2.18. The Labute approximate surface area is 187 Å². The van der Waals surface area contributed by atoms with E-state index in [1.165, 1.54) is 17.5 Å². The average Bonchev–Trinajstić information content (AvgIpc) is 2.95. The van der Waals surface area contributed by atoms with Gasteiger partial charge in [-0.05, 0) is 30.5 Å². The van der Waals surface area contributed by atoms with Gasteiger partial charge in [-0.1, -0.05) is 24.3 Å². The van der Waals surface area contributed by atoms with E-state index in [0.29, 0.717) is 25.5 Å². The normalized spacial score (nSPS) is 17.6. The lowest BCUT2D eigenvalue weighted by molar-refractivity contribution is -0.132. The van der Waals surface area contributed by atoms with Gasteiger partial charge in [-0.25, -0.2) is 9.97 Å². The summed E-state index contributed by atoms with van der Waals surface area (Å²) in [5.41, 5.74) is 2.92. The summed E-state index contributed by atoms with van der Waals surface area (Å²) in [5.74, 6) is 0.241. The van der Waals surface area contributed by atoms with Gasteiger partial charge in [0.25, 0.3) is 5.91 Å². The molecule has 0 spiro atoms. The molecule has 1 aromatic carbocycles. The van der Waals surface area contributed by atoms with Crippen molar-refractivity contribution in [3.63, 3.8) is 0 Å². The Hall–Kier alpha value is -3.04. The predicted octanol–water partition coefficient (Wildman–Crippen LogP) is 0.658. The molecule has 9 nitrogen and oxygen atoms in total. The topological polar surface area (TPSA) is 111 Å². The molecular formula is C23H30N6O3. The summed E-state index contributed by atoms with van der Waals surface area (Å²) in [6.45, 7) is 5.16. The molecule has 3 N–H and O–H groups in total. The number of amides is 2. The number of aryl methyl sites for hydroxylation is 1. The maximum absolute atomic E-state index is 12.5. The molecule has 1 saturated heterocycles. The summed E-state index contributed by atoms with van der Waals surface area (Å²) in [5, 5.41) is 16.5. The molecule has 0 aliphatic carbocycles. The summed E-state index contributed by atoms with van der Waals surface area (Å²) >= 11 is 0. The number of nitrogens with zero attached hydrogens (tertiary/aromatic N) is 4. The van der Waals surface area contributed by atoms with Crippen molar-refractivity contribution in [2.24, 2.45) is 0 Å². The minimum atomic E-state index is -0.670. The Kier molecular flexibility index (Phi) is 6.96. The number of nitrogens with one attached hydrogen (secondary N) is 2. The van der Waals surface area contributed by atoms with E-state index in [-0.39, 0.29) is 30.1 Å². The van der Waals surface area contributed by atoms with Crippen molar-refractivity contribution in [3.05, 3.63) is 53.5 Å². The minimum Gasteiger partial charge on any atom is -0.390 e. The molecular weight excluding hydrogens is 408 g/mol. The first-order chi connectivity index (χ1) is 15.5. The molecule has 32 heavy (non-hydrogen) atoms. The van der Waals surface area contributed by atoms with Crippen LogP contribution in [-0.2, 0) is 17.8 Å². The van der Waals surface area contributed by atoms with Crippen LogP contribution in [0.1, 0.15) is 35.0 Å². The van der Waals surface area contributed by atoms with Gasteiger partial charge in [0.05, 0.1) is 12.1 Å². The first kappa shape index (κ1) is 22.2. The molecule has 1 fully saturated rings. The lowest BCUT2D eigenvalue weighted by Gasteiger charge is -2.39. The number of β-amino-alcohol motifs (C(OH)–C–C–N with tert-alkyl or cyclic N) is 1. The highest BCUT2D eigenvalue weighted by molar-refractivity contribution is 5.92. The van der Waals surface area contributed by atoms with Gasteiger partial charge in [-0.2, -0.15) is 0 Å². The largest absolute Gasteiger partial charge is 0.390 e. The van der Waals surface area contributed by atoms with Gasteiger partial charge in [-0.15, -0.1) is 0 Å². The Bertz CT molecular complexity index is 962. The van der Waals surface area contributed by atoms with Crippen LogP contribution in [0.3, 0.4) is 0 Å². The van der Waals surface area contributed by atoms with Crippen LogP contribution in [0.4, 0.5) is 5.82 Å². The highest BCUT2D eigenvalue weighted by Gasteiger charge is 2.28. The number of aliphatic hydroxyl groups excluding tert-OH is 1. The molecule has 2 amide bonds. The van der Waals surface area contributed by atoms with Crippen LogP contribution >= 0.6 is 0 Å². The van der Waals surface area contributed by atoms with Gasteiger partial charge in [-0.3, -0.25) is 14.5 Å². The van der Waals surface area contributed by atoms with Crippen molar-refractivity contribution in [1.82, 2.24) is 25.1 Å². The third-order valence-electron chi connectivity index (χ3n) is 5.98. The van der Waals surface area contributed by atoms with Crippen molar-refractivity contribution in [2.45, 2.75) is 38.5 Å². The van der Waals surface area contributed by atoms with E-state index in [0.717, 1.165) is 25.9 Å². The third-order valence-corrected chi connectivity index (χ3v) is 5.98. The number of aromatic nitrogens is 2. The Morgan fingerprint density at radius 2 is 2.00 bits per heavy atom. The standard InChI is InChI=1S/C23H30N6O3/c1-16(30)29-12-19(13-29)27-22-9-21(25-15-26-22)23(32)24-10-20(31)14-28-8-4-7-17-5-2-3-6-18(17)11-28/h2-3,5-6,9,15,19-20,31H,4,7-8,10-14H2,1H3,(H,24,32)(H,25,26,27). The second-order valence-corrected chi connectivity index (χ2v) is 8.52. The first-order valence-electron chi connectivity index (χ1n) is 11.1. The van der Waals surface area contributed by atoms with Crippen molar-refractivity contribution in [1.29, 1.82) is 0 Å². The number of carbonyl (C=O) groups is 2. The molecule has 1 unspecified atom stereocenters. The lowest BCUT2D eigenvalue weighted by atomic mass is 10.0. The second kappa shape index (κ2) is 10.1. The predicted molar refractivity (Wildman–Crippen MR) is 120 cm³/mol. The summed E-state index contributed by atoms with van der Waals surface area (Å²) in [6, 6.07) is 10.1. The summed E-state index contributed by atoms with van der Waals surface area (Å²) < 4.78 is 0. The SMILES string of the molecule is CC(=O)N1CC(Nc2cc(C(=O)NCC(O)CN3CCCc4ccccc4C3)ncn2)C1. The molecule has 2 aliphatic heterocycles. The fourth-order valence-electron chi connectivity index (χ4n) is 4.18. The van der Waals surface area contributed by atoms with E-state index >= 15 is 0 Å². The molecule has 2 aromatic rings. The number of anilines is 1. The van der Waals surface area contributed by atoms with E-state index in [9.17, 15) is 14.7 Å². The van der Waals surface area contributed by atoms with Crippen LogP contribution in [0.15, 0.2) is 36.7 Å². The van der Waals surface area contributed by atoms with Crippen LogP contribution < -0.4 is 10.6 Å². The maximum Gasteiger partial charge on any atom is 0.270 e. The Morgan fingerprint density at radius 1 is 1.22 bits per heavy atom. The first-order valence-corrected chi connectivity index (χ1v) is 11.1. The number of rotatable bonds is 7. The molecule has 4 rings (SSSR count). The van der Waals surface area contributed by atoms with Gasteiger partial charge < -0.3 is 20.6 Å². The zero-order valence-corrected chi connectivity index (χ0v) is 18.3. The van der Waals surface area contributed by atoms with Crippen LogP contribution in [0, 0.1) is 0 Å². The maximum atomic E-state index is 12.5. The zero-order valence-electron chi connectivity index (χ0n) is 18.3. The third kappa shape index (κ3) is 5.60. The molecule has 2 aliphatic rings. The summed E-state index contributed by atoms with van der Waals surface area (Å²) in [6.07, 6.45) is 2.77. The molecule has 1 atom stereocenters. The molecule has 3 heterocycles. The van der Waals surface area contributed by atoms with Gasteiger partial charge >= 0.3 is 0 Å². The molecule has 0 bridgehead atoms. The number of fused-ring (bicyclic) bond motifs is 1. The van der Waals surface area contributed by atoms with Crippen molar-refractivity contribution in [3.8, 4) is 0 Å². The summed E-state index contributed by atoms with van der Waals surface area (Å²) in [4.78, 5) is 36.0. The number of carbonyl (C=O) groups excluding carboxylic acids is 2. The fraction of sp³-hybridized carbons (Fsp3) is 0.478. The van der Waals surface area contributed by atoms with E-state index in [1.807, 2.05) is 6.07 Å². The minimum absolute atomic E-state index is 0.0498. The van der Waals surface area contributed by atoms with Crippen LogP contribution in [0.25, 0.3) is 0 Å². The van der Waals surface area contributed by atoms with Crippen molar-refractivity contribution < 1.29 is 14.7 Å². The fourth-order valence-corrected chi connectivity index (χ4v) is 4.18. The zero-order chi connectivity index (χ0) is 22.5. The smallest absolute Gasteiger partial charge is 0.270 e. The van der Waals surface area contributed by atoms with E-state index in [4.69, 9.17) is 0 Å². The second-order valence-electron chi connectivity index (χ2n) is 8.52. The molecule has 0 saturated carbocycles. The monoisotopic (exact) mass is 438 g/mol. The van der Waals surface area contributed by atoms with Gasteiger partial charge in [0, 0.05) is 45.7 Å². The number of benzene rings is 1. The highest BCUT2D eigenvalue weighted by atomic mass is 16.3. The lowest BCUT2D eigenvalue weighted by Crippen LogP contribution is -2.56. The molecule has 0 radical (unpaired) electrons. The molecule has 9 heteroatoms. The summed E-state index contributed by atoms with van der Waals surface area (Å²) in [7, 11) is 0. The number of aliphatic hydroxyl groups is 1. The van der Waals surface area contributed by atoms with E-state index in [2.05, 4.69) is 43.7 Å².